The lowest BCUT2D eigenvalue weighted by Gasteiger charge is -2.20. The van der Waals surface area contributed by atoms with Gasteiger partial charge in [0.25, 0.3) is 11.8 Å². The summed E-state index contributed by atoms with van der Waals surface area (Å²) >= 11 is 0. The van der Waals surface area contributed by atoms with Crippen molar-refractivity contribution in [3.63, 3.8) is 0 Å². The molecule has 2 N–H and O–H groups in total. The number of benzene rings is 1. The van der Waals surface area contributed by atoms with Crippen molar-refractivity contribution >= 4 is 23.8 Å². The van der Waals surface area contributed by atoms with Crippen molar-refractivity contribution in [1.29, 1.82) is 0 Å². The molecule has 0 radical (unpaired) electrons. The summed E-state index contributed by atoms with van der Waals surface area (Å²) in [5.41, 5.74) is 1.21. The molecule has 8 nitrogen and oxygen atoms in total. The Bertz CT molecular complexity index is 921. The average molecular weight is 485 g/mol. The molecule has 0 unspecified atom stereocenters. The molecule has 0 saturated carbocycles. The summed E-state index contributed by atoms with van der Waals surface area (Å²) in [6, 6.07) is 3.24. The summed E-state index contributed by atoms with van der Waals surface area (Å²) in [4.78, 5) is 50.7. The van der Waals surface area contributed by atoms with Gasteiger partial charge < -0.3 is 20.1 Å². The Kier molecular flexibility index (Phi) is 10.2. The summed E-state index contributed by atoms with van der Waals surface area (Å²) in [7, 11) is 2.55. The number of methoxy groups -OCH3 is 2. The Morgan fingerprint density at radius 3 is 1.49 bits per heavy atom. The maximum Gasteiger partial charge on any atom is 0.328 e. The van der Waals surface area contributed by atoms with Gasteiger partial charge in [-0.2, -0.15) is 0 Å². The number of esters is 2. The summed E-state index contributed by atoms with van der Waals surface area (Å²) in [6.07, 6.45) is 8.51. The number of allylic oxidation sites excluding steroid dienone is 4. The smallest absolute Gasteiger partial charge is 0.328 e. The SMILES string of the molecule is COC(=O)[C@H](CC(C)C)NC(=O)c1cc(C(=O)N[C@@H](CC(C)C)C(=O)OC)cc(C2C=CC=C2)c1. The molecule has 35 heavy (non-hydrogen) atoms. The highest BCUT2D eigenvalue weighted by atomic mass is 16.5. The molecule has 0 saturated heterocycles. The second-order valence-corrected chi connectivity index (χ2v) is 9.50. The number of hydrogen-bond donors (Lipinski definition) is 2. The predicted octanol–water partition coefficient (Wildman–Crippen LogP) is 3.53. The largest absolute Gasteiger partial charge is 0.467 e. The van der Waals surface area contributed by atoms with Crippen molar-refractivity contribution in [2.75, 3.05) is 14.2 Å². The van der Waals surface area contributed by atoms with Crippen LogP contribution in [-0.2, 0) is 19.1 Å². The van der Waals surface area contributed by atoms with E-state index in [1.807, 2.05) is 52.0 Å². The zero-order chi connectivity index (χ0) is 26.1. The minimum absolute atomic E-state index is 0.103. The van der Waals surface area contributed by atoms with Crippen LogP contribution in [0.25, 0.3) is 0 Å². The molecule has 2 amide bonds. The van der Waals surface area contributed by atoms with Crippen LogP contribution >= 0.6 is 0 Å². The molecular weight excluding hydrogens is 448 g/mol. The van der Waals surface area contributed by atoms with E-state index >= 15 is 0 Å². The number of carbonyl (C=O) groups excluding carboxylic acids is 4. The minimum Gasteiger partial charge on any atom is -0.467 e. The third kappa shape index (κ3) is 8.09. The maximum atomic E-state index is 13.2. The number of amides is 2. The third-order valence-corrected chi connectivity index (χ3v) is 5.61. The van der Waals surface area contributed by atoms with Gasteiger partial charge in [0.1, 0.15) is 12.1 Å². The van der Waals surface area contributed by atoms with Crippen LogP contribution in [0.15, 0.2) is 42.5 Å². The van der Waals surface area contributed by atoms with Crippen LogP contribution in [0, 0.1) is 11.8 Å². The fourth-order valence-corrected chi connectivity index (χ4v) is 3.90. The summed E-state index contributed by atoms with van der Waals surface area (Å²) in [5.74, 6) is -1.85. The molecule has 2 rings (SSSR count). The first kappa shape index (κ1) is 27.8. The molecule has 0 fully saturated rings. The molecule has 1 aliphatic carbocycles. The molecule has 0 aromatic heterocycles. The van der Waals surface area contributed by atoms with Crippen molar-refractivity contribution in [1.82, 2.24) is 10.6 Å². The van der Waals surface area contributed by atoms with Gasteiger partial charge in [-0.05, 0) is 48.4 Å². The van der Waals surface area contributed by atoms with Gasteiger partial charge in [0, 0.05) is 17.0 Å². The van der Waals surface area contributed by atoms with Crippen LogP contribution in [0.3, 0.4) is 0 Å². The maximum absolute atomic E-state index is 13.2. The molecule has 8 heteroatoms. The van der Waals surface area contributed by atoms with Gasteiger partial charge in [0.05, 0.1) is 14.2 Å². The fourth-order valence-electron chi connectivity index (χ4n) is 3.90. The topological polar surface area (TPSA) is 111 Å². The lowest BCUT2D eigenvalue weighted by atomic mass is 9.94. The molecule has 1 aliphatic rings. The van der Waals surface area contributed by atoms with Gasteiger partial charge in [-0.1, -0.05) is 52.0 Å². The Hall–Kier alpha value is -3.42. The molecule has 1 aromatic rings. The highest BCUT2D eigenvalue weighted by Gasteiger charge is 2.26. The number of ether oxygens (including phenoxy) is 2. The first-order valence-electron chi connectivity index (χ1n) is 11.8. The van der Waals surface area contributed by atoms with E-state index in [1.54, 1.807) is 12.1 Å². The lowest BCUT2D eigenvalue weighted by molar-refractivity contribution is -0.144. The van der Waals surface area contributed by atoms with Crippen LogP contribution in [0.1, 0.15) is 72.7 Å². The standard InChI is InChI=1S/C27H36N2O6/c1-16(2)11-22(26(32)34-5)28-24(30)20-13-19(18-9-7-8-10-18)14-21(15-20)25(31)29-23(12-17(3)4)27(33)35-6/h7-10,13-18,22-23H,11-12H2,1-6H3,(H,28,30)(H,29,31)/t22-,23-/m0/s1. The summed E-state index contributed by atoms with van der Waals surface area (Å²) in [5, 5.41) is 5.48. The molecule has 0 bridgehead atoms. The van der Waals surface area contributed by atoms with Crippen molar-refractivity contribution in [2.24, 2.45) is 11.8 Å². The Balaban J connectivity index is 2.39. The van der Waals surface area contributed by atoms with Crippen molar-refractivity contribution in [3.8, 4) is 0 Å². The average Bonchev–Trinajstić information content (AvgIpc) is 3.36. The highest BCUT2D eigenvalue weighted by Crippen LogP contribution is 2.26. The summed E-state index contributed by atoms with van der Waals surface area (Å²) < 4.78 is 9.69. The Morgan fingerprint density at radius 2 is 1.14 bits per heavy atom. The molecular formula is C27H36N2O6. The van der Waals surface area contributed by atoms with E-state index in [4.69, 9.17) is 9.47 Å². The van der Waals surface area contributed by atoms with E-state index in [9.17, 15) is 19.2 Å². The van der Waals surface area contributed by atoms with Gasteiger partial charge in [-0.25, -0.2) is 9.59 Å². The molecule has 0 spiro atoms. The van der Waals surface area contributed by atoms with Gasteiger partial charge >= 0.3 is 11.9 Å². The van der Waals surface area contributed by atoms with Crippen molar-refractivity contribution in [2.45, 2.75) is 58.5 Å². The zero-order valence-electron chi connectivity index (χ0n) is 21.3. The van der Waals surface area contributed by atoms with E-state index in [2.05, 4.69) is 10.6 Å². The minimum atomic E-state index is -0.811. The third-order valence-electron chi connectivity index (χ3n) is 5.61. The number of rotatable bonds is 11. The highest BCUT2D eigenvalue weighted by molar-refractivity contribution is 6.02. The Labute approximate surface area is 207 Å². The second kappa shape index (κ2) is 12.9. The van der Waals surface area contributed by atoms with Crippen LogP contribution < -0.4 is 10.6 Å². The number of carbonyl (C=O) groups is 4. The van der Waals surface area contributed by atoms with E-state index in [1.165, 1.54) is 20.3 Å². The zero-order valence-corrected chi connectivity index (χ0v) is 21.3. The van der Waals surface area contributed by atoms with Crippen LogP contribution in [0.4, 0.5) is 0 Å². The summed E-state index contributed by atoms with van der Waals surface area (Å²) in [6.45, 7) is 7.77. The van der Waals surface area contributed by atoms with Crippen molar-refractivity contribution in [3.05, 3.63) is 59.2 Å². The molecule has 0 aliphatic heterocycles. The quantitative estimate of drug-likeness (QED) is 0.465. The number of hydrogen-bond acceptors (Lipinski definition) is 6. The van der Waals surface area contributed by atoms with Gasteiger partial charge in [0.2, 0.25) is 0 Å². The lowest BCUT2D eigenvalue weighted by Crippen LogP contribution is -2.43. The number of nitrogens with one attached hydrogen (secondary N) is 2. The Morgan fingerprint density at radius 1 is 0.743 bits per heavy atom. The first-order valence-corrected chi connectivity index (χ1v) is 11.8. The van der Waals surface area contributed by atoms with Gasteiger partial charge in [-0.15, -0.1) is 0 Å². The van der Waals surface area contributed by atoms with E-state index in [-0.39, 0.29) is 28.9 Å². The first-order chi connectivity index (χ1) is 16.5. The van der Waals surface area contributed by atoms with Gasteiger partial charge in [0.15, 0.2) is 0 Å². The monoisotopic (exact) mass is 484 g/mol. The fraction of sp³-hybridized carbons (Fsp3) is 0.481. The van der Waals surface area contributed by atoms with E-state index < -0.39 is 35.8 Å². The second-order valence-electron chi connectivity index (χ2n) is 9.50. The predicted molar refractivity (Wildman–Crippen MR) is 133 cm³/mol. The molecule has 1 aromatic carbocycles. The van der Waals surface area contributed by atoms with Crippen molar-refractivity contribution < 1.29 is 28.7 Å². The van der Waals surface area contributed by atoms with E-state index in [0.29, 0.717) is 12.8 Å². The molecule has 190 valence electrons. The van der Waals surface area contributed by atoms with Gasteiger partial charge in [-0.3, -0.25) is 9.59 Å². The molecule has 2 atom stereocenters. The van der Waals surface area contributed by atoms with Crippen LogP contribution in [-0.4, -0.2) is 50.1 Å². The normalized spacial score (nSPS) is 14.6. The van der Waals surface area contributed by atoms with E-state index in [0.717, 1.165) is 5.56 Å². The van der Waals surface area contributed by atoms with Crippen LogP contribution in [0.2, 0.25) is 0 Å². The molecule has 0 heterocycles. The van der Waals surface area contributed by atoms with Crippen LogP contribution in [0.5, 0.6) is 0 Å².